The second kappa shape index (κ2) is 5.78. The molecule has 1 rings (SSSR count). The van der Waals surface area contributed by atoms with Gasteiger partial charge in [0.1, 0.15) is 0 Å². The van der Waals surface area contributed by atoms with Gasteiger partial charge >= 0.3 is 0 Å². The summed E-state index contributed by atoms with van der Waals surface area (Å²) in [5, 5.41) is 9.63. The van der Waals surface area contributed by atoms with E-state index in [4.69, 9.17) is 4.74 Å². The lowest BCUT2D eigenvalue weighted by Crippen LogP contribution is -2.20. The van der Waals surface area contributed by atoms with Gasteiger partial charge in [-0.1, -0.05) is 30.3 Å². The van der Waals surface area contributed by atoms with E-state index in [0.717, 1.165) is 5.56 Å². The lowest BCUT2D eigenvalue weighted by Gasteiger charge is -2.13. The van der Waals surface area contributed by atoms with Gasteiger partial charge in [0, 0.05) is 6.42 Å². The van der Waals surface area contributed by atoms with E-state index in [0.29, 0.717) is 13.0 Å². The molecule has 1 aromatic rings. The molecular weight excluding hydrogens is 176 g/mol. The van der Waals surface area contributed by atoms with E-state index >= 15 is 0 Å². The van der Waals surface area contributed by atoms with E-state index in [1.54, 1.807) is 0 Å². The van der Waals surface area contributed by atoms with E-state index in [2.05, 4.69) is 0 Å². The Morgan fingerprint density at radius 3 is 2.43 bits per heavy atom. The number of benzene rings is 1. The minimum atomic E-state index is -0.403. The maximum absolute atomic E-state index is 9.63. The number of aliphatic hydroxyl groups excluding tert-OH is 1. The van der Waals surface area contributed by atoms with Gasteiger partial charge in [-0.05, 0) is 19.4 Å². The number of ether oxygens (including phenoxy) is 1. The first-order chi connectivity index (χ1) is 6.68. The minimum Gasteiger partial charge on any atom is -0.390 e. The van der Waals surface area contributed by atoms with Gasteiger partial charge in [0.15, 0.2) is 0 Å². The van der Waals surface area contributed by atoms with Crippen LogP contribution in [0.1, 0.15) is 19.4 Å². The largest absolute Gasteiger partial charge is 0.390 e. The van der Waals surface area contributed by atoms with E-state index in [-0.39, 0.29) is 6.10 Å². The molecule has 0 amide bonds. The van der Waals surface area contributed by atoms with Crippen molar-refractivity contribution in [2.24, 2.45) is 0 Å². The van der Waals surface area contributed by atoms with E-state index in [1.165, 1.54) is 0 Å². The van der Waals surface area contributed by atoms with Crippen molar-refractivity contribution in [3.63, 3.8) is 0 Å². The maximum Gasteiger partial charge on any atom is 0.0814 e. The van der Waals surface area contributed by atoms with E-state index in [9.17, 15) is 5.11 Å². The molecule has 0 aromatic heterocycles. The SMILES string of the molecule is CC(C)OCC(O)Cc1ccccc1. The summed E-state index contributed by atoms with van der Waals surface area (Å²) in [4.78, 5) is 0. The summed E-state index contributed by atoms with van der Waals surface area (Å²) in [6.45, 7) is 4.34. The molecule has 14 heavy (non-hydrogen) atoms. The molecule has 1 unspecified atom stereocenters. The lowest BCUT2D eigenvalue weighted by molar-refractivity contribution is 0.00621. The smallest absolute Gasteiger partial charge is 0.0814 e. The molecule has 0 aliphatic heterocycles. The Kier molecular flexibility index (Phi) is 4.63. The minimum absolute atomic E-state index is 0.181. The van der Waals surface area contributed by atoms with Crippen LogP contribution in [0.25, 0.3) is 0 Å². The first-order valence-electron chi connectivity index (χ1n) is 5.02. The third-order valence-electron chi connectivity index (χ3n) is 1.94. The van der Waals surface area contributed by atoms with Crippen molar-refractivity contribution in [3.05, 3.63) is 35.9 Å². The second-order valence-electron chi connectivity index (χ2n) is 3.73. The van der Waals surface area contributed by atoms with Gasteiger partial charge in [-0.3, -0.25) is 0 Å². The molecule has 0 saturated carbocycles. The van der Waals surface area contributed by atoms with Crippen LogP contribution in [0.3, 0.4) is 0 Å². The predicted octanol–water partition coefficient (Wildman–Crippen LogP) is 2.01. The highest BCUT2D eigenvalue weighted by Crippen LogP contribution is 2.03. The Bertz CT molecular complexity index is 244. The van der Waals surface area contributed by atoms with Gasteiger partial charge < -0.3 is 9.84 Å². The highest BCUT2D eigenvalue weighted by atomic mass is 16.5. The summed E-state index contributed by atoms with van der Waals surface area (Å²) in [6.07, 6.45) is 0.438. The number of aliphatic hydroxyl groups is 1. The topological polar surface area (TPSA) is 29.5 Å². The Balaban J connectivity index is 2.30. The van der Waals surface area contributed by atoms with Gasteiger partial charge in [-0.2, -0.15) is 0 Å². The van der Waals surface area contributed by atoms with Crippen LogP contribution >= 0.6 is 0 Å². The highest BCUT2D eigenvalue weighted by molar-refractivity contribution is 5.15. The van der Waals surface area contributed by atoms with Crippen molar-refractivity contribution in [3.8, 4) is 0 Å². The molecule has 2 heteroatoms. The summed E-state index contributed by atoms with van der Waals surface area (Å²) in [5.74, 6) is 0. The summed E-state index contributed by atoms with van der Waals surface area (Å²) >= 11 is 0. The van der Waals surface area contributed by atoms with Crippen LogP contribution in [0.5, 0.6) is 0 Å². The van der Waals surface area contributed by atoms with Crippen LogP contribution in [-0.4, -0.2) is 23.9 Å². The standard InChI is InChI=1S/C12H18O2/c1-10(2)14-9-12(13)8-11-6-4-3-5-7-11/h3-7,10,12-13H,8-9H2,1-2H3. The van der Waals surface area contributed by atoms with Crippen LogP contribution in [0.15, 0.2) is 30.3 Å². The van der Waals surface area contributed by atoms with Crippen LogP contribution in [0.4, 0.5) is 0 Å². The molecule has 1 atom stereocenters. The fourth-order valence-corrected chi connectivity index (χ4v) is 1.25. The third kappa shape index (κ3) is 4.40. The molecule has 0 aliphatic carbocycles. The summed E-state index contributed by atoms with van der Waals surface area (Å²) in [6, 6.07) is 9.95. The molecule has 2 nitrogen and oxygen atoms in total. The Hall–Kier alpha value is -0.860. The Labute approximate surface area is 85.5 Å². The van der Waals surface area contributed by atoms with Gasteiger partial charge in [0.2, 0.25) is 0 Å². The molecule has 0 bridgehead atoms. The fraction of sp³-hybridized carbons (Fsp3) is 0.500. The molecule has 0 aliphatic rings. The van der Waals surface area contributed by atoms with Crippen LogP contribution in [-0.2, 0) is 11.2 Å². The van der Waals surface area contributed by atoms with Crippen molar-refractivity contribution >= 4 is 0 Å². The van der Waals surface area contributed by atoms with Crippen molar-refractivity contribution in [2.75, 3.05) is 6.61 Å². The normalized spacial score (nSPS) is 13.1. The number of rotatable bonds is 5. The lowest BCUT2D eigenvalue weighted by atomic mass is 10.1. The van der Waals surface area contributed by atoms with Crippen LogP contribution in [0, 0.1) is 0 Å². The fourth-order valence-electron chi connectivity index (χ4n) is 1.25. The molecule has 0 fully saturated rings. The molecule has 0 heterocycles. The van der Waals surface area contributed by atoms with Crippen molar-refractivity contribution in [1.82, 2.24) is 0 Å². The maximum atomic E-state index is 9.63. The second-order valence-corrected chi connectivity index (χ2v) is 3.73. The molecule has 0 radical (unpaired) electrons. The van der Waals surface area contributed by atoms with E-state index < -0.39 is 6.10 Å². The van der Waals surface area contributed by atoms with Gasteiger partial charge in [-0.15, -0.1) is 0 Å². The van der Waals surface area contributed by atoms with Gasteiger partial charge in [0.05, 0.1) is 18.8 Å². The number of hydrogen-bond acceptors (Lipinski definition) is 2. The predicted molar refractivity (Wildman–Crippen MR) is 57.2 cm³/mol. The van der Waals surface area contributed by atoms with Crippen molar-refractivity contribution in [2.45, 2.75) is 32.5 Å². The average molecular weight is 194 g/mol. The Morgan fingerprint density at radius 2 is 1.86 bits per heavy atom. The van der Waals surface area contributed by atoms with Crippen LogP contribution in [0.2, 0.25) is 0 Å². The quantitative estimate of drug-likeness (QED) is 0.777. The van der Waals surface area contributed by atoms with Crippen molar-refractivity contribution in [1.29, 1.82) is 0 Å². The van der Waals surface area contributed by atoms with E-state index in [1.807, 2.05) is 44.2 Å². The highest BCUT2D eigenvalue weighted by Gasteiger charge is 2.06. The van der Waals surface area contributed by atoms with Crippen LogP contribution < -0.4 is 0 Å². The monoisotopic (exact) mass is 194 g/mol. The zero-order valence-corrected chi connectivity index (χ0v) is 8.81. The third-order valence-corrected chi connectivity index (χ3v) is 1.94. The number of hydrogen-bond donors (Lipinski definition) is 1. The Morgan fingerprint density at radius 1 is 1.21 bits per heavy atom. The summed E-state index contributed by atoms with van der Waals surface area (Å²) < 4.78 is 5.33. The molecule has 1 N–H and O–H groups in total. The first-order valence-corrected chi connectivity index (χ1v) is 5.02. The average Bonchev–Trinajstić information content (AvgIpc) is 2.16. The summed E-state index contributed by atoms with van der Waals surface area (Å²) in [7, 11) is 0. The summed E-state index contributed by atoms with van der Waals surface area (Å²) in [5.41, 5.74) is 1.15. The zero-order valence-electron chi connectivity index (χ0n) is 8.81. The molecule has 1 aromatic carbocycles. The molecular formula is C12H18O2. The van der Waals surface area contributed by atoms with Gasteiger partial charge in [-0.25, -0.2) is 0 Å². The van der Waals surface area contributed by atoms with Gasteiger partial charge in [0.25, 0.3) is 0 Å². The first kappa shape index (κ1) is 11.2. The zero-order chi connectivity index (χ0) is 10.4. The molecule has 78 valence electrons. The molecule has 0 saturated heterocycles. The van der Waals surface area contributed by atoms with Crippen molar-refractivity contribution < 1.29 is 9.84 Å². The molecule has 0 spiro atoms.